The van der Waals surface area contributed by atoms with Crippen molar-refractivity contribution in [2.24, 2.45) is 0 Å². The molecule has 132 valence electrons. The number of nitrogens with one attached hydrogen (secondary N) is 1. The molecule has 2 aromatic rings. The van der Waals surface area contributed by atoms with Crippen molar-refractivity contribution in [3.8, 4) is 0 Å². The van der Waals surface area contributed by atoms with Crippen molar-refractivity contribution in [3.63, 3.8) is 0 Å². The van der Waals surface area contributed by atoms with Crippen molar-refractivity contribution < 1.29 is 13.8 Å². The number of aryl methyl sites for hydroxylation is 1. The predicted octanol–water partition coefficient (Wildman–Crippen LogP) is 2.67. The van der Waals surface area contributed by atoms with E-state index in [4.69, 9.17) is 13.8 Å². The molecule has 1 saturated carbocycles. The van der Waals surface area contributed by atoms with Gasteiger partial charge in [-0.2, -0.15) is 9.97 Å². The van der Waals surface area contributed by atoms with Crippen molar-refractivity contribution >= 4 is 0 Å². The van der Waals surface area contributed by atoms with Crippen LogP contribution in [0.5, 0.6) is 0 Å². The maximum atomic E-state index is 5.49. The van der Waals surface area contributed by atoms with Gasteiger partial charge in [0.2, 0.25) is 11.8 Å². The molecule has 2 aromatic heterocycles. The van der Waals surface area contributed by atoms with E-state index in [1.807, 2.05) is 20.8 Å². The van der Waals surface area contributed by atoms with Crippen LogP contribution < -0.4 is 5.32 Å². The Morgan fingerprint density at radius 2 is 1.88 bits per heavy atom. The summed E-state index contributed by atoms with van der Waals surface area (Å²) in [6, 6.07) is 0. The van der Waals surface area contributed by atoms with Crippen LogP contribution in [-0.4, -0.2) is 26.9 Å². The molecule has 1 fully saturated rings. The van der Waals surface area contributed by atoms with E-state index in [0.29, 0.717) is 30.8 Å². The fraction of sp³-hybridized carbons (Fsp3) is 0.750. The van der Waals surface area contributed by atoms with E-state index in [1.54, 1.807) is 0 Å². The smallest absolute Gasteiger partial charge is 0.240 e. The Labute approximate surface area is 141 Å². The van der Waals surface area contributed by atoms with Crippen LogP contribution in [0.4, 0.5) is 0 Å². The average Bonchev–Trinajstić information content (AvgIpc) is 3.32. The Balaban J connectivity index is 1.69. The van der Waals surface area contributed by atoms with Gasteiger partial charge in [-0.15, -0.1) is 0 Å². The molecule has 0 bridgehead atoms. The zero-order valence-corrected chi connectivity index (χ0v) is 14.5. The maximum Gasteiger partial charge on any atom is 0.240 e. The third kappa shape index (κ3) is 3.49. The second-order valence-corrected chi connectivity index (χ2v) is 6.15. The molecule has 0 unspecified atom stereocenters. The molecule has 1 atom stereocenters. The van der Waals surface area contributed by atoms with E-state index < -0.39 is 0 Å². The second-order valence-electron chi connectivity index (χ2n) is 6.15. The van der Waals surface area contributed by atoms with Crippen LogP contribution in [0.3, 0.4) is 0 Å². The average molecular weight is 335 g/mol. The quantitative estimate of drug-likeness (QED) is 0.786. The van der Waals surface area contributed by atoms with Gasteiger partial charge in [-0.25, -0.2) is 0 Å². The van der Waals surface area contributed by atoms with Gasteiger partial charge in [0.1, 0.15) is 6.10 Å². The van der Waals surface area contributed by atoms with Gasteiger partial charge < -0.3 is 13.8 Å². The number of aromatic nitrogens is 4. The Morgan fingerprint density at radius 1 is 1.12 bits per heavy atom. The number of hydrogen-bond acceptors (Lipinski definition) is 8. The molecule has 2 heterocycles. The monoisotopic (exact) mass is 335 g/mol. The van der Waals surface area contributed by atoms with Crippen LogP contribution in [0.15, 0.2) is 9.05 Å². The van der Waals surface area contributed by atoms with Crippen molar-refractivity contribution in [1.82, 2.24) is 25.6 Å². The lowest BCUT2D eigenvalue weighted by atomic mass is 9.96. The standard InChI is InChI=1S/C16H25N5O3/c1-4-12-19-15(21-23-12)16(8-6-7-9-16)17-10-13-18-14(20-24-13)11(3)22-5-2/h11,17H,4-10H2,1-3H3/t11-/m0/s1. The summed E-state index contributed by atoms with van der Waals surface area (Å²) < 4.78 is 16.1. The van der Waals surface area contributed by atoms with Crippen molar-refractivity contribution in [2.45, 2.75) is 71.1 Å². The third-order valence-electron chi connectivity index (χ3n) is 4.50. The van der Waals surface area contributed by atoms with Gasteiger partial charge in [0.15, 0.2) is 11.6 Å². The molecule has 0 spiro atoms. The van der Waals surface area contributed by atoms with Gasteiger partial charge in [0, 0.05) is 13.0 Å². The van der Waals surface area contributed by atoms with E-state index in [0.717, 1.165) is 37.9 Å². The van der Waals surface area contributed by atoms with Gasteiger partial charge >= 0.3 is 0 Å². The summed E-state index contributed by atoms with van der Waals surface area (Å²) in [5, 5.41) is 11.7. The number of rotatable bonds is 8. The van der Waals surface area contributed by atoms with Crippen LogP contribution >= 0.6 is 0 Å². The lowest BCUT2D eigenvalue weighted by Crippen LogP contribution is -2.40. The van der Waals surface area contributed by atoms with Gasteiger partial charge in [0.25, 0.3) is 0 Å². The zero-order valence-electron chi connectivity index (χ0n) is 14.5. The zero-order chi connectivity index (χ0) is 17.0. The van der Waals surface area contributed by atoms with Crippen LogP contribution in [0.25, 0.3) is 0 Å². The molecule has 0 saturated heterocycles. The van der Waals surface area contributed by atoms with Crippen LogP contribution in [0.1, 0.15) is 76.0 Å². The summed E-state index contributed by atoms with van der Waals surface area (Å²) in [7, 11) is 0. The highest BCUT2D eigenvalue weighted by Crippen LogP contribution is 2.37. The Morgan fingerprint density at radius 3 is 2.54 bits per heavy atom. The first-order valence-electron chi connectivity index (χ1n) is 8.69. The van der Waals surface area contributed by atoms with Crippen LogP contribution in [-0.2, 0) is 23.2 Å². The minimum atomic E-state index is -0.267. The highest BCUT2D eigenvalue weighted by Gasteiger charge is 2.40. The highest BCUT2D eigenvalue weighted by molar-refractivity contribution is 5.08. The van der Waals surface area contributed by atoms with Gasteiger partial charge in [-0.1, -0.05) is 30.1 Å². The van der Waals surface area contributed by atoms with E-state index in [-0.39, 0.29) is 11.6 Å². The Kier molecular flexibility index (Phi) is 5.25. The molecule has 8 nitrogen and oxygen atoms in total. The fourth-order valence-corrected chi connectivity index (χ4v) is 3.13. The molecule has 3 rings (SSSR count). The van der Waals surface area contributed by atoms with Crippen LogP contribution in [0.2, 0.25) is 0 Å². The Bertz CT molecular complexity index is 648. The summed E-state index contributed by atoms with van der Waals surface area (Å²) in [5.74, 6) is 2.52. The highest BCUT2D eigenvalue weighted by atomic mass is 16.5. The summed E-state index contributed by atoms with van der Waals surface area (Å²) in [5.41, 5.74) is -0.267. The van der Waals surface area contributed by atoms with Gasteiger partial charge in [-0.3, -0.25) is 5.32 Å². The van der Waals surface area contributed by atoms with Crippen molar-refractivity contribution in [2.75, 3.05) is 6.61 Å². The minimum absolute atomic E-state index is 0.169. The molecule has 0 amide bonds. The number of ether oxygens (including phenoxy) is 1. The maximum absolute atomic E-state index is 5.49. The molecule has 0 aromatic carbocycles. The minimum Gasteiger partial charge on any atom is -0.371 e. The Hall–Kier alpha value is -1.80. The van der Waals surface area contributed by atoms with E-state index in [9.17, 15) is 0 Å². The third-order valence-corrected chi connectivity index (χ3v) is 4.50. The van der Waals surface area contributed by atoms with E-state index in [2.05, 4.69) is 25.6 Å². The second kappa shape index (κ2) is 7.40. The first kappa shape index (κ1) is 17.0. The molecular weight excluding hydrogens is 310 g/mol. The number of nitrogens with zero attached hydrogens (tertiary/aromatic N) is 4. The molecule has 1 N–H and O–H groups in total. The van der Waals surface area contributed by atoms with Gasteiger partial charge in [0.05, 0.1) is 12.1 Å². The van der Waals surface area contributed by atoms with Gasteiger partial charge in [-0.05, 0) is 26.7 Å². The fourth-order valence-electron chi connectivity index (χ4n) is 3.13. The number of hydrogen-bond donors (Lipinski definition) is 1. The summed E-state index contributed by atoms with van der Waals surface area (Å²) in [6.07, 6.45) is 4.81. The predicted molar refractivity (Wildman–Crippen MR) is 85.0 cm³/mol. The van der Waals surface area contributed by atoms with Crippen molar-refractivity contribution in [3.05, 3.63) is 23.4 Å². The molecule has 1 aliphatic carbocycles. The normalized spacial score (nSPS) is 18.1. The topological polar surface area (TPSA) is 99.1 Å². The van der Waals surface area contributed by atoms with Crippen molar-refractivity contribution in [1.29, 1.82) is 0 Å². The van der Waals surface area contributed by atoms with Crippen LogP contribution in [0, 0.1) is 0 Å². The molecule has 0 radical (unpaired) electrons. The van der Waals surface area contributed by atoms with E-state index >= 15 is 0 Å². The largest absolute Gasteiger partial charge is 0.371 e. The molecule has 24 heavy (non-hydrogen) atoms. The first-order valence-corrected chi connectivity index (χ1v) is 8.69. The summed E-state index contributed by atoms with van der Waals surface area (Å²) >= 11 is 0. The summed E-state index contributed by atoms with van der Waals surface area (Å²) in [4.78, 5) is 8.93. The molecule has 8 heteroatoms. The SMILES string of the molecule is CCO[C@@H](C)c1noc(CNC2(c3noc(CC)n3)CCCC2)n1. The molecule has 0 aliphatic heterocycles. The lowest BCUT2D eigenvalue weighted by Gasteiger charge is -2.25. The molecular formula is C16H25N5O3. The van der Waals surface area contributed by atoms with E-state index in [1.165, 1.54) is 0 Å². The molecule has 1 aliphatic rings. The first-order chi connectivity index (χ1) is 11.7. The summed E-state index contributed by atoms with van der Waals surface area (Å²) in [6.45, 7) is 6.95. The lowest BCUT2D eigenvalue weighted by molar-refractivity contribution is 0.0683.